The van der Waals surface area contributed by atoms with Gasteiger partial charge in [-0.05, 0) is 38.1 Å². The Bertz CT molecular complexity index is 604. The van der Waals surface area contributed by atoms with E-state index >= 15 is 0 Å². The van der Waals surface area contributed by atoms with Crippen LogP contribution in [0.25, 0.3) is 0 Å². The third-order valence-corrected chi connectivity index (χ3v) is 4.70. The SMILES string of the molecule is N#Cc1ccccc1S(=O)(=O)NOCCN1CCCCC1. The molecule has 1 aliphatic rings. The number of nitrogens with zero attached hydrogens (tertiary/aromatic N) is 2. The van der Waals surface area contributed by atoms with Gasteiger partial charge >= 0.3 is 0 Å². The van der Waals surface area contributed by atoms with Gasteiger partial charge in [-0.2, -0.15) is 5.26 Å². The molecule has 1 fully saturated rings. The van der Waals surface area contributed by atoms with E-state index < -0.39 is 10.0 Å². The molecule has 0 unspecified atom stereocenters. The van der Waals surface area contributed by atoms with Crippen LogP contribution >= 0.6 is 0 Å². The molecule has 21 heavy (non-hydrogen) atoms. The van der Waals surface area contributed by atoms with E-state index in [1.165, 1.54) is 31.4 Å². The second-order valence-electron chi connectivity index (χ2n) is 4.95. The number of hydrogen-bond acceptors (Lipinski definition) is 5. The van der Waals surface area contributed by atoms with Crippen LogP contribution in [-0.2, 0) is 14.9 Å². The Morgan fingerprint density at radius 2 is 1.95 bits per heavy atom. The molecule has 1 aromatic rings. The van der Waals surface area contributed by atoms with Gasteiger partial charge in [0.05, 0.1) is 12.2 Å². The Morgan fingerprint density at radius 3 is 2.67 bits per heavy atom. The zero-order chi connectivity index (χ0) is 15.1. The second kappa shape index (κ2) is 7.52. The van der Waals surface area contributed by atoms with Crippen molar-refractivity contribution in [3.05, 3.63) is 29.8 Å². The lowest BCUT2D eigenvalue weighted by atomic mass is 10.1. The third-order valence-electron chi connectivity index (χ3n) is 3.42. The molecule has 6 nitrogen and oxygen atoms in total. The lowest BCUT2D eigenvalue weighted by Gasteiger charge is -2.25. The summed E-state index contributed by atoms with van der Waals surface area (Å²) in [6.45, 7) is 3.05. The van der Waals surface area contributed by atoms with Gasteiger partial charge in [-0.15, -0.1) is 0 Å². The number of piperidine rings is 1. The van der Waals surface area contributed by atoms with Crippen molar-refractivity contribution in [2.75, 3.05) is 26.2 Å². The summed E-state index contributed by atoms with van der Waals surface area (Å²) >= 11 is 0. The Kier molecular flexibility index (Phi) is 5.70. The van der Waals surface area contributed by atoms with Gasteiger partial charge in [0.2, 0.25) is 0 Å². The second-order valence-corrected chi connectivity index (χ2v) is 6.56. The van der Waals surface area contributed by atoms with Crippen molar-refractivity contribution in [2.24, 2.45) is 0 Å². The molecule has 1 aliphatic heterocycles. The molecule has 0 radical (unpaired) electrons. The predicted molar refractivity (Wildman–Crippen MR) is 77.7 cm³/mol. The molecule has 1 saturated heterocycles. The first kappa shape index (κ1) is 15.9. The van der Waals surface area contributed by atoms with E-state index in [2.05, 4.69) is 9.79 Å². The first-order valence-corrected chi connectivity index (χ1v) is 8.47. The molecule has 0 bridgehead atoms. The maximum absolute atomic E-state index is 12.1. The van der Waals surface area contributed by atoms with Crippen molar-refractivity contribution >= 4 is 10.0 Å². The summed E-state index contributed by atoms with van der Waals surface area (Å²) in [5.74, 6) is 0. The van der Waals surface area contributed by atoms with E-state index in [0.717, 1.165) is 13.1 Å². The summed E-state index contributed by atoms with van der Waals surface area (Å²) in [4.78, 5) is 9.34. The van der Waals surface area contributed by atoms with Gasteiger partial charge in [-0.1, -0.05) is 23.4 Å². The lowest BCUT2D eigenvalue weighted by Crippen LogP contribution is -2.35. The molecule has 0 saturated carbocycles. The van der Waals surface area contributed by atoms with Crippen LogP contribution in [0.15, 0.2) is 29.2 Å². The molecule has 0 aromatic heterocycles. The third kappa shape index (κ3) is 4.51. The highest BCUT2D eigenvalue weighted by atomic mass is 32.2. The first-order valence-electron chi connectivity index (χ1n) is 6.98. The maximum Gasteiger partial charge on any atom is 0.263 e. The Hall–Kier alpha value is -1.46. The summed E-state index contributed by atoms with van der Waals surface area (Å²) in [6, 6.07) is 7.90. The summed E-state index contributed by atoms with van der Waals surface area (Å²) in [7, 11) is -3.82. The lowest BCUT2D eigenvalue weighted by molar-refractivity contribution is 0.0656. The Morgan fingerprint density at radius 1 is 1.24 bits per heavy atom. The van der Waals surface area contributed by atoms with E-state index in [-0.39, 0.29) is 17.1 Å². The monoisotopic (exact) mass is 309 g/mol. The van der Waals surface area contributed by atoms with E-state index in [1.807, 2.05) is 6.07 Å². The number of rotatable bonds is 6. The zero-order valence-electron chi connectivity index (χ0n) is 11.8. The smallest absolute Gasteiger partial charge is 0.263 e. The predicted octanol–water partition coefficient (Wildman–Crippen LogP) is 1.25. The minimum atomic E-state index is -3.82. The number of hydrogen-bond donors (Lipinski definition) is 1. The van der Waals surface area contributed by atoms with E-state index in [9.17, 15) is 8.42 Å². The van der Waals surface area contributed by atoms with Crippen molar-refractivity contribution in [3.8, 4) is 6.07 Å². The van der Waals surface area contributed by atoms with Gasteiger partial charge in [-0.3, -0.25) is 4.84 Å². The summed E-state index contributed by atoms with van der Waals surface area (Å²) < 4.78 is 24.1. The molecule has 0 aliphatic carbocycles. The van der Waals surface area contributed by atoms with Gasteiger partial charge in [0.15, 0.2) is 0 Å². The van der Waals surface area contributed by atoms with Crippen LogP contribution in [0.2, 0.25) is 0 Å². The molecule has 1 aromatic carbocycles. The fourth-order valence-electron chi connectivity index (χ4n) is 2.32. The highest BCUT2D eigenvalue weighted by Crippen LogP contribution is 2.14. The van der Waals surface area contributed by atoms with Crippen molar-refractivity contribution < 1.29 is 13.3 Å². The van der Waals surface area contributed by atoms with Crippen LogP contribution in [0.3, 0.4) is 0 Å². The number of nitrogens with one attached hydrogen (secondary N) is 1. The average molecular weight is 309 g/mol. The summed E-state index contributed by atoms with van der Waals surface area (Å²) in [5, 5.41) is 8.93. The van der Waals surface area contributed by atoms with Crippen LogP contribution < -0.4 is 4.89 Å². The van der Waals surface area contributed by atoms with E-state index in [0.29, 0.717) is 6.54 Å². The fraction of sp³-hybridized carbons (Fsp3) is 0.500. The molecular formula is C14H19N3O3S. The Labute approximate surface area is 125 Å². The largest absolute Gasteiger partial charge is 0.301 e. The highest BCUT2D eigenvalue weighted by molar-refractivity contribution is 7.89. The first-order chi connectivity index (χ1) is 10.1. The topological polar surface area (TPSA) is 82.4 Å². The van der Waals surface area contributed by atoms with Gasteiger partial charge in [0.25, 0.3) is 10.0 Å². The van der Waals surface area contributed by atoms with E-state index in [1.54, 1.807) is 12.1 Å². The van der Waals surface area contributed by atoms with Crippen molar-refractivity contribution in [2.45, 2.75) is 24.2 Å². The average Bonchev–Trinajstić information content (AvgIpc) is 2.52. The normalized spacial score (nSPS) is 16.5. The molecule has 0 spiro atoms. The van der Waals surface area contributed by atoms with Crippen molar-refractivity contribution in [1.82, 2.24) is 9.79 Å². The van der Waals surface area contributed by atoms with Crippen LogP contribution in [-0.4, -0.2) is 39.6 Å². The standard InChI is InChI=1S/C14H19N3O3S/c15-12-13-6-2-3-7-14(13)21(18,19)16-20-11-10-17-8-4-1-5-9-17/h2-3,6-7,16H,1,4-5,8-11H2. The number of likely N-dealkylation sites (tertiary alicyclic amines) is 1. The Balaban J connectivity index is 1.85. The fourth-order valence-corrected chi connectivity index (χ4v) is 3.30. The minimum absolute atomic E-state index is 0.0644. The van der Waals surface area contributed by atoms with Gasteiger partial charge in [0.1, 0.15) is 11.0 Å². The molecule has 1 N–H and O–H groups in total. The van der Waals surface area contributed by atoms with Crippen LogP contribution in [0, 0.1) is 11.3 Å². The maximum atomic E-state index is 12.1. The highest BCUT2D eigenvalue weighted by Gasteiger charge is 2.18. The van der Waals surface area contributed by atoms with E-state index in [4.69, 9.17) is 10.1 Å². The van der Waals surface area contributed by atoms with Crippen molar-refractivity contribution in [3.63, 3.8) is 0 Å². The quantitative estimate of drug-likeness (QED) is 0.632. The van der Waals surface area contributed by atoms with Gasteiger partial charge in [0, 0.05) is 6.54 Å². The molecule has 1 heterocycles. The molecular weight excluding hydrogens is 290 g/mol. The summed E-state index contributed by atoms with van der Waals surface area (Å²) in [5.41, 5.74) is 0.102. The van der Waals surface area contributed by atoms with Gasteiger partial charge in [-0.25, -0.2) is 8.42 Å². The number of sulfonamides is 1. The molecule has 0 atom stereocenters. The molecule has 7 heteroatoms. The van der Waals surface area contributed by atoms with Crippen LogP contribution in [0.1, 0.15) is 24.8 Å². The van der Waals surface area contributed by atoms with Crippen LogP contribution in [0.4, 0.5) is 0 Å². The number of nitriles is 1. The van der Waals surface area contributed by atoms with Gasteiger partial charge < -0.3 is 4.90 Å². The molecule has 0 amide bonds. The molecule has 2 rings (SSSR count). The summed E-state index contributed by atoms with van der Waals surface area (Å²) in [6.07, 6.45) is 3.62. The molecule has 114 valence electrons. The number of benzene rings is 1. The van der Waals surface area contributed by atoms with Crippen molar-refractivity contribution in [1.29, 1.82) is 5.26 Å². The minimum Gasteiger partial charge on any atom is -0.301 e. The zero-order valence-corrected chi connectivity index (χ0v) is 12.6. The van der Waals surface area contributed by atoms with Crippen LogP contribution in [0.5, 0.6) is 0 Å².